The van der Waals surface area contributed by atoms with Crippen molar-refractivity contribution >= 4 is 11.4 Å². The Kier molecular flexibility index (Phi) is 2.89. The molecule has 2 aromatic carbocycles. The molecule has 0 radical (unpaired) electrons. The van der Waals surface area contributed by atoms with E-state index in [1.807, 2.05) is 6.07 Å². The molecule has 108 valence electrons. The van der Waals surface area contributed by atoms with Gasteiger partial charge in [0, 0.05) is 25.0 Å². The van der Waals surface area contributed by atoms with Crippen molar-refractivity contribution < 1.29 is 5.11 Å². The maximum Gasteiger partial charge on any atom is 0.0994 e. The van der Waals surface area contributed by atoms with Gasteiger partial charge in [-0.05, 0) is 41.7 Å². The van der Waals surface area contributed by atoms with E-state index in [1.54, 1.807) is 0 Å². The highest BCUT2D eigenvalue weighted by Crippen LogP contribution is 2.34. The molecule has 21 heavy (non-hydrogen) atoms. The smallest absolute Gasteiger partial charge is 0.0994 e. The van der Waals surface area contributed by atoms with Crippen LogP contribution in [0.2, 0.25) is 0 Å². The Balaban J connectivity index is 1.58. The summed E-state index contributed by atoms with van der Waals surface area (Å²) in [6.07, 6.45) is 1.49. The molecule has 3 nitrogen and oxygen atoms in total. The molecule has 0 saturated carbocycles. The van der Waals surface area contributed by atoms with Gasteiger partial charge >= 0.3 is 0 Å². The maximum absolute atomic E-state index is 10.7. The van der Waals surface area contributed by atoms with E-state index in [2.05, 4.69) is 53.7 Å². The zero-order valence-corrected chi connectivity index (χ0v) is 12.2. The predicted octanol–water partition coefficient (Wildman–Crippen LogP) is 2.75. The van der Waals surface area contributed by atoms with Crippen molar-refractivity contribution in [1.29, 1.82) is 0 Å². The molecule has 0 spiro atoms. The summed E-state index contributed by atoms with van der Waals surface area (Å²) in [7, 11) is 2.12. The van der Waals surface area contributed by atoms with Gasteiger partial charge in [0.1, 0.15) is 0 Å². The van der Waals surface area contributed by atoms with E-state index in [1.165, 1.54) is 16.8 Å². The van der Waals surface area contributed by atoms with E-state index < -0.39 is 6.10 Å². The molecule has 2 unspecified atom stereocenters. The minimum Gasteiger partial charge on any atom is -0.386 e. The van der Waals surface area contributed by atoms with Crippen LogP contribution in [0.1, 0.15) is 22.8 Å². The fraction of sp³-hybridized carbons (Fsp3) is 0.333. The Morgan fingerprint density at radius 2 is 2.05 bits per heavy atom. The molecule has 2 aliphatic rings. The molecule has 2 aliphatic heterocycles. The minimum atomic E-state index is -0.464. The van der Waals surface area contributed by atoms with E-state index in [-0.39, 0.29) is 6.04 Å². The van der Waals surface area contributed by atoms with Gasteiger partial charge < -0.3 is 15.3 Å². The molecule has 2 atom stereocenters. The number of benzene rings is 2. The summed E-state index contributed by atoms with van der Waals surface area (Å²) in [5.41, 5.74) is 6.12. The molecule has 4 rings (SSSR count). The van der Waals surface area contributed by atoms with Crippen LogP contribution in [-0.4, -0.2) is 24.7 Å². The molecule has 0 saturated heterocycles. The molecule has 2 aromatic rings. The van der Waals surface area contributed by atoms with Gasteiger partial charge in [-0.25, -0.2) is 0 Å². The molecule has 0 aliphatic carbocycles. The third-order valence-electron chi connectivity index (χ3n) is 4.75. The summed E-state index contributed by atoms with van der Waals surface area (Å²) >= 11 is 0. The number of aliphatic hydroxyl groups is 1. The summed E-state index contributed by atoms with van der Waals surface area (Å²) in [6.45, 7) is 1.07. The molecule has 2 N–H and O–H groups in total. The van der Waals surface area contributed by atoms with E-state index in [9.17, 15) is 5.11 Å². The third-order valence-corrected chi connectivity index (χ3v) is 4.75. The predicted molar refractivity (Wildman–Crippen MR) is 85.9 cm³/mol. The van der Waals surface area contributed by atoms with Crippen LogP contribution in [0.3, 0.4) is 0 Å². The number of hydrogen-bond donors (Lipinski definition) is 2. The highest BCUT2D eigenvalue weighted by Gasteiger charge is 2.28. The van der Waals surface area contributed by atoms with Gasteiger partial charge in [-0.2, -0.15) is 0 Å². The van der Waals surface area contributed by atoms with Crippen molar-refractivity contribution in [2.24, 2.45) is 0 Å². The van der Waals surface area contributed by atoms with Gasteiger partial charge in [0.25, 0.3) is 0 Å². The van der Waals surface area contributed by atoms with Gasteiger partial charge in [0.05, 0.1) is 12.1 Å². The molecular weight excluding hydrogens is 260 g/mol. The standard InChI is InChI=1S/C18H20N2O/c1-20-9-8-13-10-14(6-7-17(13)20)18(21)16-11-12-4-2-3-5-15(12)19-16/h2-7,10,16,18-19,21H,8-9,11H2,1H3. The fourth-order valence-electron chi connectivity index (χ4n) is 3.52. The molecule has 2 heterocycles. The Morgan fingerprint density at radius 1 is 1.19 bits per heavy atom. The van der Waals surface area contributed by atoms with Crippen LogP contribution in [0, 0.1) is 0 Å². The van der Waals surface area contributed by atoms with Crippen molar-refractivity contribution in [1.82, 2.24) is 0 Å². The van der Waals surface area contributed by atoms with Gasteiger partial charge in [-0.1, -0.05) is 30.3 Å². The van der Waals surface area contributed by atoms with Gasteiger partial charge in [-0.3, -0.25) is 0 Å². The largest absolute Gasteiger partial charge is 0.386 e. The van der Waals surface area contributed by atoms with Gasteiger partial charge in [0.15, 0.2) is 0 Å². The topological polar surface area (TPSA) is 35.5 Å². The first kappa shape index (κ1) is 12.7. The summed E-state index contributed by atoms with van der Waals surface area (Å²) in [4.78, 5) is 2.27. The lowest BCUT2D eigenvalue weighted by Gasteiger charge is -2.20. The van der Waals surface area contributed by atoms with Crippen molar-refractivity contribution in [3.8, 4) is 0 Å². The SMILES string of the molecule is CN1CCc2cc(C(O)C3Cc4ccccc4N3)ccc21. The first-order chi connectivity index (χ1) is 10.2. The van der Waals surface area contributed by atoms with E-state index in [0.29, 0.717) is 0 Å². The van der Waals surface area contributed by atoms with Crippen LogP contribution < -0.4 is 10.2 Å². The molecule has 0 aromatic heterocycles. The van der Waals surface area contributed by atoms with Gasteiger partial charge in [-0.15, -0.1) is 0 Å². The third kappa shape index (κ3) is 2.09. The zero-order chi connectivity index (χ0) is 14.4. The number of anilines is 2. The number of nitrogens with zero attached hydrogens (tertiary/aromatic N) is 1. The summed E-state index contributed by atoms with van der Waals surface area (Å²) in [5.74, 6) is 0. The summed E-state index contributed by atoms with van der Waals surface area (Å²) < 4.78 is 0. The Bertz CT molecular complexity index is 658. The van der Waals surface area contributed by atoms with Crippen molar-refractivity contribution in [3.05, 3.63) is 59.2 Å². The minimum absolute atomic E-state index is 0.0691. The Labute approximate surface area is 125 Å². The molecule has 3 heteroatoms. The van der Waals surface area contributed by atoms with E-state index in [0.717, 1.165) is 30.6 Å². The first-order valence-electron chi connectivity index (χ1n) is 7.59. The second kappa shape index (κ2) is 4.78. The lowest BCUT2D eigenvalue weighted by atomic mass is 9.97. The van der Waals surface area contributed by atoms with Crippen LogP contribution in [0.15, 0.2) is 42.5 Å². The number of hydrogen-bond acceptors (Lipinski definition) is 3. The van der Waals surface area contributed by atoms with Crippen molar-refractivity contribution in [2.75, 3.05) is 23.8 Å². The quantitative estimate of drug-likeness (QED) is 0.888. The summed E-state index contributed by atoms with van der Waals surface area (Å²) in [6, 6.07) is 14.8. The number of likely N-dealkylation sites (N-methyl/N-ethyl adjacent to an activating group) is 1. The first-order valence-corrected chi connectivity index (χ1v) is 7.59. The highest BCUT2D eigenvalue weighted by atomic mass is 16.3. The molecule has 0 fully saturated rings. The Hall–Kier alpha value is -2.00. The highest BCUT2D eigenvalue weighted by molar-refractivity contribution is 5.60. The maximum atomic E-state index is 10.7. The fourth-order valence-corrected chi connectivity index (χ4v) is 3.52. The average molecular weight is 280 g/mol. The number of aliphatic hydroxyl groups excluding tert-OH is 1. The van der Waals surface area contributed by atoms with Crippen molar-refractivity contribution in [3.63, 3.8) is 0 Å². The van der Waals surface area contributed by atoms with Crippen molar-refractivity contribution in [2.45, 2.75) is 25.0 Å². The molecule has 0 bridgehead atoms. The second-order valence-electron chi connectivity index (χ2n) is 6.12. The summed E-state index contributed by atoms with van der Waals surface area (Å²) in [5, 5.41) is 14.2. The second-order valence-corrected chi connectivity index (χ2v) is 6.12. The normalized spacial score (nSPS) is 20.9. The lowest BCUT2D eigenvalue weighted by Crippen LogP contribution is -2.24. The monoisotopic (exact) mass is 280 g/mol. The van der Waals surface area contributed by atoms with Crippen LogP contribution in [0.25, 0.3) is 0 Å². The lowest BCUT2D eigenvalue weighted by molar-refractivity contribution is 0.156. The average Bonchev–Trinajstić information content (AvgIpc) is 3.10. The van der Waals surface area contributed by atoms with Crippen LogP contribution >= 0.6 is 0 Å². The van der Waals surface area contributed by atoms with E-state index in [4.69, 9.17) is 0 Å². The number of nitrogens with one attached hydrogen (secondary N) is 1. The number of fused-ring (bicyclic) bond motifs is 2. The molecule has 0 amide bonds. The zero-order valence-electron chi connectivity index (χ0n) is 12.2. The molecular formula is C18H20N2O. The van der Waals surface area contributed by atoms with E-state index >= 15 is 0 Å². The number of rotatable bonds is 2. The van der Waals surface area contributed by atoms with Crippen LogP contribution in [0.5, 0.6) is 0 Å². The van der Waals surface area contributed by atoms with Crippen LogP contribution in [0.4, 0.5) is 11.4 Å². The number of para-hydroxylation sites is 1. The Morgan fingerprint density at radius 3 is 2.90 bits per heavy atom. The van der Waals surface area contributed by atoms with Crippen LogP contribution in [-0.2, 0) is 12.8 Å². The van der Waals surface area contributed by atoms with Gasteiger partial charge in [0.2, 0.25) is 0 Å².